The van der Waals surface area contributed by atoms with E-state index >= 15 is 0 Å². The number of hydrogen-bond donors (Lipinski definition) is 1. The third-order valence-electron chi connectivity index (χ3n) is 9.71. The van der Waals surface area contributed by atoms with Crippen LogP contribution in [0.15, 0.2) is 12.7 Å². The summed E-state index contributed by atoms with van der Waals surface area (Å²) in [5.74, 6) is 1.94. The standard InChI is InChI=1S/C23H32F3N3O2/c1-21-8-6-16-15-7-9-22(31,23(24,25)26)10-14(15)2-3-17(16)18(21)4-5-19(21)20(30)11-29-13-27-12-28-29/h12-19,31H,2-11H2,1H3. The molecule has 0 amide bonds. The molecule has 0 aromatic carbocycles. The summed E-state index contributed by atoms with van der Waals surface area (Å²) in [6.45, 7) is 2.54. The van der Waals surface area contributed by atoms with E-state index in [1.807, 2.05) is 0 Å². The molecule has 0 spiro atoms. The fourth-order valence-electron chi connectivity index (χ4n) is 8.25. The van der Waals surface area contributed by atoms with Crippen molar-refractivity contribution in [2.75, 3.05) is 0 Å². The molecule has 0 radical (unpaired) electrons. The Balaban J connectivity index is 1.30. The van der Waals surface area contributed by atoms with Gasteiger partial charge in [0.1, 0.15) is 19.2 Å². The summed E-state index contributed by atoms with van der Waals surface area (Å²) in [7, 11) is 0. The fraction of sp³-hybridized carbons (Fsp3) is 0.870. The summed E-state index contributed by atoms with van der Waals surface area (Å²) in [4.78, 5) is 17.0. The van der Waals surface area contributed by atoms with E-state index in [1.54, 1.807) is 11.0 Å². The Kier molecular flexibility index (Phi) is 5.03. The lowest BCUT2D eigenvalue weighted by Crippen LogP contribution is -2.55. The number of Topliss-reactive ketones (excluding diaryl/α,β-unsaturated/α-hetero) is 1. The van der Waals surface area contributed by atoms with Crippen LogP contribution in [0.2, 0.25) is 0 Å². The van der Waals surface area contributed by atoms with Crippen LogP contribution in [-0.2, 0) is 11.3 Å². The maximum atomic E-state index is 13.4. The van der Waals surface area contributed by atoms with Gasteiger partial charge in [-0.25, -0.2) is 9.67 Å². The van der Waals surface area contributed by atoms with Crippen LogP contribution in [0, 0.1) is 40.9 Å². The lowest BCUT2D eigenvalue weighted by Gasteiger charge is -2.57. The third-order valence-corrected chi connectivity index (χ3v) is 9.71. The smallest absolute Gasteiger partial charge is 0.380 e. The van der Waals surface area contributed by atoms with Crippen LogP contribution in [0.4, 0.5) is 13.2 Å². The highest BCUT2D eigenvalue weighted by Gasteiger charge is 2.62. The molecule has 1 aromatic rings. The molecule has 4 fully saturated rings. The largest absolute Gasteiger partial charge is 0.417 e. The molecule has 1 N–H and O–H groups in total. The van der Waals surface area contributed by atoms with Crippen molar-refractivity contribution in [3.8, 4) is 0 Å². The van der Waals surface area contributed by atoms with Crippen LogP contribution in [0.25, 0.3) is 0 Å². The van der Waals surface area contributed by atoms with E-state index in [4.69, 9.17) is 0 Å². The van der Waals surface area contributed by atoms with Gasteiger partial charge in [0.2, 0.25) is 0 Å². The summed E-state index contributed by atoms with van der Waals surface area (Å²) < 4.78 is 41.8. The zero-order valence-electron chi connectivity index (χ0n) is 18.0. The molecule has 0 bridgehead atoms. The molecule has 4 saturated carbocycles. The summed E-state index contributed by atoms with van der Waals surface area (Å²) in [5.41, 5.74) is -2.52. The number of aromatic nitrogens is 3. The van der Waals surface area contributed by atoms with Crippen molar-refractivity contribution in [2.45, 2.75) is 83.0 Å². The molecule has 1 aromatic heterocycles. The average molecular weight is 440 g/mol. The number of alkyl halides is 3. The highest BCUT2D eigenvalue weighted by Crippen LogP contribution is 2.65. The summed E-state index contributed by atoms with van der Waals surface area (Å²) in [5, 5.41) is 14.3. The second kappa shape index (κ2) is 7.29. The Morgan fingerprint density at radius 3 is 2.58 bits per heavy atom. The van der Waals surface area contributed by atoms with Crippen molar-refractivity contribution < 1.29 is 23.1 Å². The van der Waals surface area contributed by atoms with E-state index < -0.39 is 11.8 Å². The molecule has 4 aliphatic rings. The van der Waals surface area contributed by atoms with Gasteiger partial charge in [0.05, 0.1) is 0 Å². The minimum Gasteiger partial charge on any atom is -0.380 e. The zero-order chi connectivity index (χ0) is 22.0. The van der Waals surface area contributed by atoms with Crippen LogP contribution in [-0.4, -0.2) is 37.4 Å². The minimum absolute atomic E-state index is 0.0208. The number of rotatable bonds is 3. The Morgan fingerprint density at radius 1 is 1.10 bits per heavy atom. The highest BCUT2D eigenvalue weighted by atomic mass is 19.4. The monoisotopic (exact) mass is 439 g/mol. The topological polar surface area (TPSA) is 68.0 Å². The molecule has 8 atom stereocenters. The first-order chi connectivity index (χ1) is 14.6. The van der Waals surface area contributed by atoms with E-state index in [0.717, 1.165) is 38.5 Å². The molecule has 172 valence electrons. The van der Waals surface area contributed by atoms with Gasteiger partial charge in [-0.2, -0.15) is 18.3 Å². The lowest BCUT2D eigenvalue weighted by molar-refractivity contribution is -0.282. The van der Waals surface area contributed by atoms with Gasteiger partial charge < -0.3 is 5.11 Å². The van der Waals surface area contributed by atoms with E-state index in [0.29, 0.717) is 24.2 Å². The highest BCUT2D eigenvalue weighted by molar-refractivity contribution is 5.82. The van der Waals surface area contributed by atoms with E-state index in [9.17, 15) is 23.1 Å². The van der Waals surface area contributed by atoms with Gasteiger partial charge in [-0.3, -0.25) is 4.79 Å². The Morgan fingerprint density at radius 2 is 1.87 bits per heavy atom. The SMILES string of the molecule is CC12CCC3C4CCC(O)(C(F)(F)F)CC4CCC3C1CCC2C(=O)Cn1cncn1. The fourth-order valence-corrected chi connectivity index (χ4v) is 8.25. The van der Waals surface area contributed by atoms with E-state index in [1.165, 1.54) is 6.33 Å². The van der Waals surface area contributed by atoms with E-state index in [2.05, 4.69) is 17.0 Å². The Bertz CT molecular complexity index is 829. The third kappa shape index (κ3) is 3.35. The van der Waals surface area contributed by atoms with Gasteiger partial charge in [0.25, 0.3) is 0 Å². The second-order valence-electron chi connectivity index (χ2n) is 10.9. The minimum atomic E-state index is -4.54. The number of ketones is 1. The van der Waals surface area contributed by atoms with E-state index in [-0.39, 0.29) is 48.3 Å². The van der Waals surface area contributed by atoms with Crippen LogP contribution in [0.5, 0.6) is 0 Å². The number of carbonyl (C=O) groups is 1. The predicted molar refractivity (Wildman–Crippen MR) is 107 cm³/mol. The molecule has 8 heteroatoms. The maximum Gasteiger partial charge on any atom is 0.417 e. The molecule has 4 aliphatic carbocycles. The normalized spacial score (nSPS) is 44.9. The summed E-state index contributed by atoms with van der Waals surface area (Å²) in [6.07, 6.45) is 4.27. The average Bonchev–Trinajstić information content (AvgIpc) is 3.33. The number of fused-ring (bicyclic) bond motifs is 5. The van der Waals surface area contributed by atoms with Crippen LogP contribution in [0.3, 0.4) is 0 Å². The second-order valence-corrected chi connectivity index (χ2v) is 10.9. The van der Waals surface area contributed by atoms with Crippen LogP contribution < -0.4 is 0 Å². The van der Waals surface area contributed by atoms with Crippen molar-refractivity contribution in [3.05, 3.63) is 12.7 Å². The lowest BCUT2D eigenvalue weighted by atomic mass is 9.49. The molecule has 8 unspecified atom stereocenters. The van der Waals surface area contributed by atoms with Gasteiger partial charge in [0, 0.05) is 5.92 Å². The molecule has 5 rings (SSSR count). The molecule has 5 nitrogen and oxygen atoms in total. The summed E-state index contributed by atoms with van der Waals surface area (Å²) >= 11 is 0. The van der Waals surface area contributed by atoms with Crippen molar-refractivity contribution in [3.63, 3.8) is 0 Å². The predicted octanol–water partition coefficient (Wildman–Crippen LogP) is 4.41. The van der Waals surface area contributed by atoms with Crippen LogP contribution >= 0.6 is 0 Å². The van der Waals surface area contributed by atoms with Crippen molar-refractivity contribution in [1.82, 2.24) is 14.8 Å². The molecule has 31 heavy (non-hydrogen) atoms. The number of nitrogens with zero attached hydrogens (tertiary/aromatic N) is 3. The number of aliphatic hydroxyl groups is 1. The number of hydrogen-bond acceptors (Lipinski definition) is 4. The van der Waals surface area contributed by atoms with Gasteiger partial charge >= 0.3 is 6.18 Å². The van der Waals surface area contributed by atoms with Crippen LogP contribution in [0.1, 0.15) is 64.7 Å². The maximum absolute atomic E-state index is 13.4. The van der Waals surface area contributed by atoms with Gasteiger partial charge in [-0.15, -0.1) is 0 Å². The zero-order valence-corrected chi connectivity index (χ0v) is 18.0. The molecule has 1 heterocycles. The molecule has 0 saturated heterocycles. The molecular formula is C23H32F3N3O2. The van der Waals surface area contributed by atoms with Gasteiger partial charge in [-0.1, -0.05) is 6.92 Å². The van der Waals surface area contributed by atoms with Crippen molar-refractivity contribution in [2.24, 2.45) is 40.9 Å². The Hall–Kier alpha value is -1.44. The molecular weight excluding hydrogens is 407 g/mol. The number of carbonyl (C=O) groups excluding carboxylic acids is 1. The molecule has 0 aliphatic heterocycles. The first-order valence-corrected chi connectivity index (χ1v) is 11.8. The first-order valence-electron chi connectivity index (χ1n) is 11.8. The van der Waals surface area contributed by atoms with Gasteiger partial charge in [-0.05, 0) is 92.8 Å². The quantitative estimate of drug-likeness (QED) is 0.758. The Labute approximate surface area is 180 Å². The van der Waals surface area contributed by atoms with Crippen molar-refractivity contribution >= 4 is 5.78 Å². The summed E-state index contributed by atoms with van der Waals surface area (Å²) in [6, 6.07) is 0. The van der Waals surface area contributed by atoms with Gasteiger partial charge in [0.15, 0.2) is 11.4 Å². The van der Waals surface area contributed by atoms with Crippen molar-refractivity contribution in [1.29, 1.82) is 0 Å². The first kappa shape index (κ1) is 21.4. The number of halogens is 3.